The minimum atomic E-state index is 0.417. The van der Waals surface area contributed by atoms with Crippen molar-refractivity contribution in [3.8, 4) is 0 Å². The minimum absolute atomic E-state index is 0.417. The molecule has 0 unspecified atom stereocenters. The molecule has 0 N–H and O–H groups in total. The highest BCUT2D eigenvalue weighted by Gasteiger charge is 2.13. The van der Waals surface area contributed by atoms with E-state index in [1.165, 1.54) is 11.1 Å². The largest absolute Gasteiger partial charge is 0.306 e. The second-order valence-corrected chi connectivity index (χ2v) is 5.96. The molecule has 102 valence electrons. The lowest BCUT2D eigenvalue weighted by Gasteiger charge is -2.09. The summed E-state index contributed by atoms with van der Waals surface area (Å²) in [7, 11) is 0. The number of hydrogen-bond donors (Lipinski definition) is 0. The van der Waals surface area contributed by atoms with E-state index in [2.05, 4.69) is 66.7 Å². The Hall–Kier alpha value is -1.29. The van der Waals surface area contributed by atoms with Crippen LogP contribution >= 0.6 is 11.8 Å². The fourth-order valence-corrected chi connectivity index (χ4v) is 3.03. The molecule has 0 saturated carbocycles. The molecule has 0 saturated heterocycles. The lowest BCUT2D eigenvalue weighted by atomic mass is 10.2. The van der Waals surface area contributed by atoms with Crippen molar-refractivity contribution in [3.63, 3.8) is 0 Å². The molecule has 1 aromatic carbocycles. The average Bonchev–Trinajstić information content (AvgIpc) is 2.79. The van der Waals surface area contributed by atoms with E-state index in [-0.39, 0.29) is 0 Å². The Morgan fingerprint density at radius 1 is 1.26 bits per heavy atom. The van der Waals surface area contributed by atoms with Gasteiger partial charge in [-0.2, -0.15) is 0 Å². The number of rotatable bonds is 5. The van der Waals surface area contributed by atoms with Crippen molar-refractivity contribution in [2.45, 2.75) is 51.1 Å². The zero-order chi connectivity index (χ0) is 13.8. The predicted molar refractivity (Wildman–Crippen MR) is 80.5 cm³/mol. The van der Waals surface area contributed by atoms with Crippen LogP contribution in [0.1, 0.15) is 43.6 Å². The molecule has 0 atom stereocenters. The van der Waals surface area contributed by atoms with Gasteiger partial charge in [-0.25, -0.2) is 0 Å². The number of benzene rings is 1. The van der Waals surface area contributed by atoms with Crippen molar-refractivity contribution in [2.75, 3.05) is 0 Å². The van der Waals surface area contributed by atoms with Crippen LogP contribution in [0.25, 0.3) is 0 Å². The topological polar surface area (TPSA) is 30.7 Å². The van der Waals surface area contributed by atoms with E-state index in [0.29, 0.717) is 5.92 Å². The summed E-state index contributed by atoms with van der Waals surface area (Å²) >= 11 is 1.76. The maximum Gasteiger partial charge on any atom is 0.191 e. The second-order valence-electron chi connectivity index (χ2n) is 5.02. The molecule has 1 heterocycles. The summed E-state index contributed by atoms with van der Waals surface area (Å²) in [5, 5.41) is 9.65. The SMILES string of the molecule is CCn1c(SCc2cccc(C)c2)nnc1C(C)C. The molecule has 0 aliphatic heterocycles. The molecule has 0 radical (unpaired) electrons. The van der Waals surface area contributed by atoms with E-state index < -0.39 is 0 Å². The highest BCUT2D eigenvalue weighted by Crippen LogP contribution is 2.24. The first kappa shape index (κ1) is 14.1. The van der Waals surface area contributed by atoms with Gasteiger partial charge in [-0.15, -0.1) is 10.2 Å². The molecule has 0 bridgehead atoms. The van der Waals surface area contributed by atoms with Crippen molar-refractivity contribution >= 4 is 11.8 Å². The van der Waals surface area contributed by atoms with E-state index >= 15 is 0 Å². The first-order valence-electron chi connectivity index (χ1n) is 6.73. The Labute approximate surface area is 119 Å². The van der Waals surface area contributed by atoms with E-state index in [9.17, 15) is 0 Å². The number of nitrogens with zero attached hydrogens (tertiary/aromatic N) is 3. The van der Waals surface area contributed by atoms with Gasteiger partial charge < -0.3 is 4.57 Å². The van der Waals surface area contributed by atoms with Gasteiger partial charge in [0.05, 0.1) is 0 Å². The quantitative estimate of drug-likeness (QED) is 0.772. The van der Waals surface area contributed by atoms with E-state index in [4.69, 9.17) is 0 Å². The van der Waals surface area contributed by atoms with Crippen LogP contribution < -0.4 is 0 Å². The third-order valence-corrected chi connectivity index (χ3v) is 4.07. The van der Waals surface area contributed by atoms with Crippen LogP contribution in [-0.4, -0.2) is 14.8 Å². The van der Waals surface area contributed by atoms with Gasteiger partial charge in [0.2, 0.25) is 0 Å². The van der Waals surface area contributed by atoms with Crippen molar-refractivity contribution in [1.82, 2.24) is 14.8 Å². The maximum absolute atomic E-state index is 4.32. The summed E-state index contributed by atoms with van der Waals surface area (Å²) in [6.07, 6.45) is 0. The molecule has 0 aliphatic carbocycles. The molecule has 2 aromatic rings. The molecule has 3 nitrogen and oxygen atoms in total. The van der Waals surface area contributed by atoms with Gasteiger partial charge in [0.25, 0.3) is 0 Å². The summed E-state index contributed by atoms with van der Waals surface area (Å²) in [4.78, 5) is 0. The second kappa shape index (κ2) is 6.24. The first-order valence-corrected chi connectivity index (χ1v) is 7.71. The Morgan fingerprint density at radius 3 is 2.68 bits per heavy atom. The lowest BCUT2D eigenvalue weighted by molar-refractivity contribution is 0.613. The Balaban J connectivity index is 2.11. The van der Waals surface area contributed by atoms with Crippen molar-refractivity contribution in [1.29, 1.82) is 0 Å². The standard InChI is InChI=1S/C15H21N3S/c1-5-18-14(11(2)3)16-17-15(18)19-10-13-8-6-7-12(4)9-13/h6-9,11H,5,10H2,1-4H3. The zero-order valence-electron chi connectivity index (χ0n) is 12.1. The fourth-order valence-electron chi connectivity index (χ4n) is 2.08. The Kier molecular flexibility index (Phi) is 4.64. The summed E-state index contributed by atoms with van der Waals surface area (Å²) < 4.78 is 2.21. The molecule has 19 heavy (non-hydrogen) atoms. The number of aryl methyl sites for hydroxylation is 1. The van der Waals surface area contributed by atoms with Crippen LogP contribution in [-0.2, 0) is 12.3 Å². The lowest BCUT2D eigenvalue weighted by Crippen LogP contribution is -2.04. The molecule has 1 aromatic heterocycles. The average molecular weight is 275 g/mol. The minimum Gasteiger partial charge on any atom is -0.306 e. The van der Waals surface area contributed by atoms with Crippen LogP contribution in [0.5, 0.6) is 0 Å². The molecule has 0 amide bonds. The first-order chi connectivity index (χ1) is 9.11. The van der Waals surface area contributed by atoms with Crippen LogP contribution in [0, 0.1) is 6.92 Å². The van der Waals surface area contributed by atoms with E-state index in [1.54, 1.807) is 11.8 Å². The fraction of sp³-hybridized carbons (Fsp3) is 0.467. The van der Waals surface area contributed by atoms with Gasteiger partial charge >= 0.3 is 0 Å². The van der Waals surface area contributed by atoms with Gasteiger partial charge in [0.15, 0.2) is 5.16 Å². The van der Waals surface area contributed by atoms with Crippen LogP contribution in [0.15, 0.2) is 29.4 Å². The van der Waals surface area contributed by atoms with E-state index in [1.807, 2.05) is 0 Å². The number of hydrogen-bond acceptors (Lipinski definition) is 3. The van der Waals surface area contributed by atoms with Crippen LogP contribution in [0.4, 0.5) is 0 Å². The van der Waals surface area contributed by atoms with Gasteiger partial charge in [-0.05, 0) is 19.4 Å². The Morgan fingerprint density at radius 2 is 2.05 bits per heavy atom. The van der Waals surface area contributed by atoms with Gasteiger partial charge in [0, 0.05) is 18.2 Å². The van der Waals surface area contributed by atoms with Crippen molar-refractivity contribution in [3.05, 3.63) is 41.2 Å². The molecule has 2 rings (SSSR count). The summed E-state index contributed by atoms with van der Waals surface area (Å²) in [5.74, 6) is 2.44. The summed E-state index contributed by atoms with van der Waals surface area (Å²) in [6.45, 7) is 9.51. The van der Waals surface area contributed by atoms with Crippen molar-refractivity contribution < 1.29 is 0 Å². The smallest absolute Gasteiger partial charge is 0.191 e. The highest BCUT2D eigenvalue weighted by atomic mass is 32.2. The molecule has 0 aliphatic rings. The third kappa shape index (κ3) is 3.38. The number of aromatic nitrogens is 3. The van der Waals surface area contributed by atoms with E-state index in [0.717, 1.165) is 23.3 Å². The molecular weight excluding hydrogens is 254 g/mol. The van der Waals surface area contributed by atoms with Crippen LogP contribution in [0.2, 0.25) is 0 Å². The van der Waals surface area contributed by atoms with Crippen molar-refractivity contribution in [2.24, 2.45) is 0 Å². The number of thioether (sulfide) groups is 1. The van der Waals surface area contributed by atoms with Gasteiger partial charge in [0.1, 0.15) is 5.82 Å². The highest BCUT2D eigenvalue weighted by molar-refractivity contribution is 7.98. The molecule has 0 spiro atoms. The predicted octanol–water partition coefficient (Wildman–Crippen LogP) is 4.02. The summed E-state index contributed by atoms with van der Waals surface area (Å²) in [6, 6.07) is 8.62. The molecular formula is C15H21N3S. The monoisotopic (exact) mass is 275 g/mol. The summed E-state index contributed by atoms with van der Waals surface area (Å²) in [5.41, 5.74) is 2.64. The third-order valence-electron chi connectivity index (χ3n) is 3.03. The molecule has 4 heteroatoms. The Bertz CT molecular complexity index is 546. The van der Waals surface area contributed by atoms with Gasteiger partial charge in [-0.1, -0.05) is 55.4 Å². The van der Waals surface area contributed by atoms with Gasteiger partial charge in [-0.3, -0.25) is 0 Å². The normalized spacial score (nSPS) is 11.2. The maximum atomic E-state index is 4.32. The van der Waals surface area contributed by atoms with Crippen LogP contribution in [0.3, 0.4) is 0 Å². The zero-order valence-corrected chi connectivity index (χ0v) is 12.9. The molecule has 0 fully saturated rings.